The molecule has 0 saturated carbocycles. The van der Waals surface area contributed by atoms with Crippen LogP contribution in [0.2, 0.25) is 5.15 Å². The van der Waals surface area contributed by atoms with Crippen molar-refractivity contribution in [2.75, 3.05) is 19.0 Å². The second kappa shape index (κ2) is 4.97. The number of nitrogens with zero attached hydrogens (tertiary/aromatic N) is 4. The van der Waals surface area contributed by atoms with E-state index in [0.29, 0.717) is 16.8 Å². The van der Waals surface area contributed by atoms with Gasteiger partial charge < -0.3 is 9.64 Å². The van der Waals surface area contributed by atoms with Gasteiger partial charge in [0.2, 0.25) is 5.88 Å². The van der Waals surface area contributed by atoms with E-state index in [2.05, 4.69) is 15.0 Å². The van der Waals surface area contributed by atoms with Gasteiger partial charge in [-0.25, -0.2) is 15.0 Å². The van der Waals surface area contributed by atoms with Crippen LogP contribution in [0.25, 0.3) is 0 Å². The second-order valence-electron chi connectivity index (χ2n) is 3.53. The van der Waals surface area contributed by atoms with Gasteiger partial charge in [0.1, 0.15) is 23.0 Å². The zero-order valence-corrected chi connectivity index (χ0v) is 10.2. The Balaban J connectivity index is 2.21. The fourth-order valence-electron chi connectivity index (χ4n) is 1.20. The molecule has 0 aliphatic heterocycles. The van der Waals surface area contributed by atoms with Gasteiger partial charge in [0.25, 0.3) is 0 Å². The summed E-state index contributed by atoms with van der Waals surface area (Å²) in [5, 5.41) is 0.379. The highest BCUT2D eigenvalue weighted by atomic mass is 35.5. The number of hydrogen-bond acceptors (Lipinski definition) is 5. The molecular formula is C11H11ClN4O. The Kier molecular flexibility index (Phi) is 3.39. The summed E-state index contributed by atoms with van der Waals surface area (Å²) in [6.07, 6.45) is 3.03. The first kappa shape index (κ1) is 11.6. The highest BCUT2D eigenvalue weighted by Crippen LogP contribution is 2.22. The average Bonchev–Trinajstić information content (AvgIpc) is 2.29. The van der Waals surface area contributed by atoms with Crippen molar-refractivity contribution >= 4 is 17.4 Å². The molecule has 0 bridgehead atoms. The van der Waals surface area contributed by atoms with Crippen LogP contribution in [0, 0.1) is 0 Å². The highest BCUT2D eigenvalue weighted by Gasteiger charge is 2.03. The summed E-state index contributed by atoms with van der Waals surface area (Å²) in [4.78, 5) is 13.9. The van der Waals surface area contributed by atoms with Crippen molar-refractivity contribution in [3.05, 3.63) is 35.9 Å². The maximum Gasteiger partial charge on any atom is 0.224 e. The zero-order valence-electron chi connectivity index (χ0n) is 9.46. The Bertz CT molecular complexity index is 518. The molecule has 2 rings (SSSR count). The molecule has 0 spiro atoms. The molecule has 0 amide bonds. The fraction of sp³-hybridized carbons (Fsp3) is 0.182. The quantitative estimate of drug-likeness (QED) is 0.783. The van der Waals surface area contributed by atoms with Crippen LogP contribution >= 0.6 is 11.6 Å². The molecule has 0 saturated heterocycles. The predicted octanol–water partition coefficient (Wildman–Crippen LogP) is 2.38. The van der Waals surface area contributed by atoms with E-state index in [0.717, 1.165) is 5.82 Å². The van der Waals surface area contributed by atoms with Crippen molar-refractivity contribution in [1.82, 2.24) is 15.0 Å². The second-order valence-corrected chi connectivity index (χ2v) is 3.91. The van der Waals surface area contributed by atoms with Gasteiger partial charge in [-0.1, -0.05) is 11.6 Å². The zero-order chi connectivity index (χ0) is 12.3. The average molecular weight is 251 g/mol. The Hall–Kier alpha value is -1.88. The monoisotopic (exact) mass is 250 g/mol. The summed E-state index contributed by atoms with van der Waals surface area (Å²) < 4.78 is 5.55. The van der Waals surface area contributed by atoms with Gasteiger partial charge in [-0.05, 0) is 6.07 Å². The molecule has 0 aliphatic rings. The minimum Gasteiger partial charge on any atom is -0.439 e. The molecule has 2 aromatic heterocycles. The van der Waals surface area contributed by atoms with Gasteiger partial charge in [-0.2, -0.15) is 0 Å². The van der Waals surface area contributed by atoms with Crippen molar-refractivity contribution in [2.24, 2.45) is 0 Å². The first-order valence-corrected chi connectivity index (χ1v) is 5.32. The van der Waals surface area contributed by atoms with E-state index in [-0.39, 0.29) is 0 Å². The first-order valence-electron chi connectivity index (χ1n) is 4.94. The highest BCUT2D eigenvalue weighted by molar-refractivity contribution is 6.29. The third kappa shape index (κ3) is 3.04. The van der Waals surface area contributed by atoms with Crippen LogP contribution in [-0.4, -0.2) is 29.0 Å². The minimum atomic E-state index is 0.379. The SMILES string of the molecule is CN(C)c1cc(Oc2ccnc(Cl)c2)ncn1. The van der Waals surface area contributed by atoms with Gasteiger partial charge >= 0.3 is 0 Å². The van der Waals surface area contributed by atoms with Crippen molar-refractivity contribution in [1.29, 1.82) is 0 Å². The van der Waals surface area contributed by atoms with Crippen molar-refractivity contribution in [3.63, 3.8) is 0 Å². The number of ether oxygens (including phenoxy) is 1. The first-order chi connectivity index (χ1) is 8.15. The molecular weight excluding hydrogens is 240 g/mol. The minimum absolute atomic E-state index is 0.379. The number of halogens is 1. The molecule has 0 fully saturated rings. The number of hydrogen-bond donors (Lipinski definition) is 0. The normalized spacial score (nSPS) is 10.1. The third-order valence-electron chi connectivity index (χ3n) is 2.01. The molecule has 6 heteroatoms. The van der Waals surface area contributed by atoms with E-state index in [1.165, 1.54) is 6.33 Å². The van der Waals surface area contributed by atoms with Gasteiger partial charge in [-0.15, -0.1) is 0 Å². The summed E-state index contributed by atoms with van der Waals surface area (Å²) >= 11 is 5.76. The molecule has 0 unspecified atom stereocenters. The molecule has 0 aliphatic carbocycles. The van der Waals surface area contributed by atoms with E-state index >= 15 is 0 Å². The topological polar surface area (TPSA) is 51.1 Å². The van der Waals surface area contributed by atoms with Gasteiger partial charge in [0.05, 0.1) is 0 Å². The summed E-state index contributed by atoms with van der Waals surface area (Å²) in [6, 6.07) is 5.08. The van der Waals surface area contributed by atoms with Crippen LogP contribution in [0.15, 0.2) is 30.7 Å². The van der Waals surface area contributed by atoms with Crippen LogP contribution in [0.4, 0.5) is 5.82 Å². The lowest BCUT2D eigenvalue weighted by Crippen LogP contribution is -2.10. The summed E-state index contributed by atoms with van der Waals surface area (Å²) in [5.41, 5.74) is 0. The Morgan fingerprint density at radius 1 is 1.18 bits per heavy atom. The number of anilines is 1. The summed E-state index contributed by atoms with van der Waals surface area (Å²) in [7, 11) is 3.80. The number of aromatic nitrogens is 3. The molecule has 88 valence electrons. The van der Waals surface area contributed by atoms with Crippen LogP contribution < -0.4 is 9.64 Å². The Morgan fingerprint density at radius 3 is 2.71 bits per heavy atom. The molecule has 2 aromatic rings. The number of pyridine rings is 1. The van der Waals surface area contributed by atoms with Crippen LogP contribution in [-0.2, 0) is 0 Å². The fourth-order valence-corrected chi connectivity index (χ4v) is 1.36. The van der Waals surface area contributed by atoms with Crippen LogP contribution in [0.3, 0.4) is 0 Å². The summed E-state index contributed by atoms with van der Waals surface area (Å²) in [6.45, 7) is 0. The molecule has 5 nitrogen and oxygen atoms in total. The van der Waals surface area contributed by atoms with E-state index in [1.807, 2.05) is 19.0 Å². The lowest BCUT2D eigenvalue weighted by atomic mass is 10.4. The lowest BCUT2D eigenvalue weighted by molar-refractivity contribution is 0.461. The molecule has 0 atom stereocenters. The molecule has 17 heavy (non-hydrogen) atoms. The van der Waals surface area contributed by atoms with Gasteiger partial charge in [0, 0.05) is 32.4 Å². The lowest BCUT2D eigenvalue weighted by Gasteiger charge is -2.11. The van der Waals surface area contributed by atoms with E-state index in [4.69, 9.17) is 16.3 Å². The van der Waals surface area contributed by atoms with Crippen LogP contribution in [0.1, 0.15) is 0 Å². The smallest absolute Gasteiger partial charge is 0.224 e. The molecule has 0 N–H and O–H groups in total. The van der Waals surface area contributed by atoms with Crippen molar-refractivity contribution in [3.8, 4) is 11.6 Å². The number of rotatable bonds is 3. The molecule has 0 aromatic carbocycles. The standard InChI is InChI=1S/C11H11ClN4O/c1-16(2)10-6-11(15-7-14-10)17-8-3-4-13-9(12)5-8/h3-7H,1-2H3. The van der Waals surface area contributed by atoms with E-state index in [9.17, 15) is 0 Å². The van der Waals surface area contributed by atoms with E-state index < -0.39 is 0 Å². The Labute approximate surface area is 104 Å². The van der Waals surface area contributed by atoms with Gasteiger partial charge in [-0.3, -0.25) is 0 Å². The maximum absolute atomic E-state index is 5.76. The molecule has 0 radical (unpaired) electrons. The maximum atomic E-state index is 5.76. The predicted molar refractivity (Wildman–Crippen MR) is 65.7 cm³/mol. The summed E-state index contributed by atoms with van der Waals surface area (Å²) in [5.74, 6) is 1.83. The van der Waals surface area contributed by atoms with E-state index in [1.54, 1.807) is 24.4 Å². The van der Waals surface area contributed by atoms with Crippen molar-refractivity contribution < 1.29 is 4.74 Å². The van der Waals surface area contributed by atoms with Gasteiger partial charge in [0.15, 0.2) is 0 Å². The van der Waals surface area contributed by atoms with Crippen LogP contribution in [0.5, 0.6) is 11.6 Å². The van der Waals surface area contributed by atoms with Crippen molar-refractivity contribution in [2.45, 2.75) is 0 Å². The third-order valence-corrected chi connectivity index (χ3v) is 2.21. The molecule has 2 heterocycles. The largest absolute Gasteiger partial charge is 0.439 e. The Morgan fingerprint density at radius 2 is 2.00 bits per heavy atom.